The van der Waals surface area contributed by atoms with Crippen LogP contribution in [-0.4, -0.2) is 31.9 Å². The SMILES string of the molecule is CNCC(=O)NCCCCl. The van der Waals surface area contributed by atoms with E-state index in [0.717, 1.165) is 6.42 Å². The molecule has 10 heavy (non-hydrogen) atoms. The Bertz CT molecular complexity index is 97.7. The first-order valence-corrected chi connectivity index (χ1v) is 3.82. The molecule has 2 N–H and O–H groups in total. The first kappa shape index (κ1) is 9.72. The van der Waals surface area contributed by atoms with E-state index in [0.29, 0.717) is 19.0 Å². The largest absolute Gasteiger partial charge is 0.355 e. The van der Waals surface area contributed by atoms with Gasteiger partial charge in [0.25, 0.3) is 0 Å². The molecule has 0 heterocycles. The molecule has 0 spiro atoms. The normalized spacial score (nSPS) is 9.40. The maximum atomic E-state index is 10.7. The van der Waals surface area contributed by atoms with Gasteiger partial charge in [-0.15, -0.1) is 11.6 Å². The van der Waals surface area contributed by atoms with Crippen molar-refractivity contribution in [2.45, 2.75) is 6.42 Å². The molecular formula is C6H13ClN2O. The predicted molar refractivity (Wildman–Crippen MR) is 42.3 cm³/mol. The van der Waals surface area contributed by atoms with Crippen molar-refractivity contribution < 1.29 is 4.79 Å². The molecule has 1 amide bonds. The summed E-state index contributed by atoms with van der Waals surface area (Å²) in [6.07, 6.45) is 0.830. The van der Waals surface area contributed by atoms with Crippen LogP contribution in [0, 0.1) is 0 Å². The molecule has 4 heteroatoms. The van der Waals surface area contributed by atoms with Gasteiger partial charge in [-0.3, -0.25) is 4.79 Å². The summed E-state index contributed by atoms with van der Waals surface area (Å²) in [6, 6.07) is 0. The van der Waals surface area contributed by atoms with Crippen LogP contribution in [0.3, 0.4) is 0 Å². The fourth-order valence-electron chi connectivity index (χ4n) is 0.518. The summed E-state index contributed by atoms with van der Waals surface area (Å²) < 4.78 is 0. The molecule has 0 aromatic rings. The van der Waals surface area contributed by atoms with Crippen LogP contribution in [-0.2, 0) is 4.79 Å². The lowest BCUT2D eigenvalue weighted by Gasteiger charge is -2.01. The van der Waals surface area contributed by atoms with Crippen molar-refractivity contribution in [2.24, 2.45) is 0 Å². The number of amides is 1. The van der Waals surface area contributed by atoms with Crippen LogP contribution in [0.15, 0.2) is 0 Å². The summed E-state index contributed by atoms with van der Waals surface area (Å²) in [5, 5.41) is 5.45. The number of hydrogen-bond acceptors (Lipinski definition) is 2. The highest BCUT2D eigenvalue weighted by Crippen LogP contribution is 1.79. The van der Waals surface area contributed by atoms with E-state index in [4.69, 9.17) is 11.6 Å². The van der Waals surface area contributed by atoms with Crippen LogP contribution in [0.2, 0.25) is 0 Å². The lowest BCUT2D eigenvalue weighted by Crippen LogP contribution is -2.32. The molecule has 0 aromatic carbocycles. The van der Waals surface area contributed by atoms with Crippen molar-refractivity contribution in [3.05, 3.63) is 0 Å². The Kier molecular flexibility index (Phi) is 6.64. The molecule has 60 valence electrons. The van der Waals surface area contributed by atoms with Crippen LogP contribution < -0.4 is 10.6 Å². The predicted octanol–water partition coefficient (Wildman–Crippen LogP) is -0.0491. The summed E-state index contributed by atoms with van der Waals surface area (Å²) >= 11 is 5.40. The molecule has 0 aliphatic heterocycles. The van der Waals surface area contributed by atoms with Crippen LogP contribution in [0.1, 0.15) is 6.42 Å². The molecule has 3 nitrogen and oxygen atoms in total. The average Bonchev–Trinajstić information content (AvgIpc) is 1.89. The summed E-state index contributed by atoms with van der Waals surface area (Å²) in [7, 11) is 1.74. The van der Waals surface area contributed by atoms with E-state index in [1.165, 1.54) is 0 Å². The third kappa shape index (κ3) is 5.85. The minimum Gasteiger partial charge on any atom is -0.355 e. The molecule has 0 rings (SSSR count). The number of halogens is 1. The van der Waals surface area contributed by atoms with Gasteiger partial charge >= 0.3 is 0 Å². The van der Waals surface area contributed by atoms with Gasteiger partial charge in [0.05, 0.1) is 6.54 Å². The van der Waals surface area contributed by atoms with Gasteiger partial charge in [0.1, 0.15) is 0 Å². The monoisotopic (exact) mass is 164 g/mol. The van der Waals surface area contributed by atoms with E-state index >= 15 is 0 Å². The highest BCUT2D eigenvalue weighted by Gasteiger charge is 1.95. The molecule has 0 aliphatic carbocycles. The number of carbonyl (C=O) groups excluding carboxylic acids is 1. The van der Waals surface area contributed by atoms with Crippen molar-refractivity contribution in [3.63, 3.8) is 0 Å². The summed E-state index contributed by atoms with van der Waals surface area (Å²) in [5.74, 6) is 0.618. The number of alkyl halides is 1. The van der Waals surface area contributed by atoms with Crippen LogP contribution in [0.25, 0.3) is 0 Å². The van der Waals surface area contributed by atoms with Crippen molar-refractivity contribution in [1.82, 2.24) is 10.6 Å². The minimum atomic E-state index is 0.0209. The standard InChI is InChI=1S/C6H13ClN2O/c1-8-5-6(10)9-4-2-3-7/h8H,2-5H2,1H3,(H,9,10). The second-order valence-corrected chi connectivity index (χ2v) is 2.30. The quantitative estimate of drug-likeness (QED) is 0.442. The van der Waals surface area contributed by atoms with Gasteiger partial charge in [0.15, 0.2) is 0 Å². The Hall–Kier alpha value is -0.280. The second-order valence-electron chi connectivity index (χ2n) is 1.92. The fourth-order valence-corrected chi connectivity index (χ4v) is 0.651. The third-order valence-electron chi connectivity index (χ3n) is 0.970. The minimum absolute atomic E-state index is 0.0209. The Morgan fingerprint density at radius 2 is 2.30 bits per heavy atom. The van der Waals surface area contributed by atoms with E-state index in [2.05, 4.69) is 10.6 Å². The zero-order chi connectivity index (χ0) is 7.82. The van der Waals surface area contributed by atoms with Gasteiger partial charge in [-0.1, -0.05) is 0 Å². The van der Waals surface area contributed by atoms with Crippen molar-refractivity contribution in [2.75, 3.05) is 26.0 Å². The van der Waals surface area contributed by atoms with E-state index < -0.39 is 0 Å². The molecule has 0 fully saturated rings. The lowest BCUT2D eigenvalue weighted by atomic mass is 10.4. The van der Waals surface area contributed by atoms with E-state index in [9.17, 15) is 4.79 Å². The zero-order valence-corrected chi connectivity index (χ0v) is 6.87. The number of rotatable bonds is 5. The second kappa shape index (κ2) is 6.83. The Balaban J connectivity index is 3.05. The van der Waals surface area contributed by atoms with Gasteiger partial charge in [0.2, 0.25) is 5.91 Å². The molecule has 0 radical (unpaired) electrons. The average molecular weight is 165 g/mol. The summed E-state index contributed by atoms with van der Waals surface area (Å²) in [5.41, 5.74) is 0. The van der Waals surface area contributed by atoms with Gasteiger partial charge in [0, 0.05) is 12.4 Å². The fraction of sp³-hybridized carbons (Fsp3) is 0.833. The van der Waals surface area contributed by atoms with Crippen molar-refractivity contribution >= 4 is 17.5 Å². The van der Waals surface area contributed by atoms with Crippen LogP contribution in [0.4, 0.5) is 0 Å². The van der Waals surface area contributed by atoms with Crippen molar-refractivity contribution in [1.29, 1.82) is 0 Å². The summed E-state index contributed by atoms with van der Waals surface area (Å²) in [4.78, 5) is 10.7. The Morgan fingerprint density at radius 1 is 1.60 bits per heavy atom. The lowest BCUT2D eigenvalue weighted by molar-refractivity contribution is -0.120. The topological polar surface area (TPSA) is 41.1 Å². The van der Waals surface area contributed by atoms with Crippen LogP contribution in [0.5, 0.6) is 0 Å². The third-order valence-corrected chi connectivity index (χ3v) is 1.24. The zero-order valence-electron chi connectivity index (χ0n) is 6.11. The van der Waals surface area contributed by atoms with Gasteiger partial charge < -0.3 is 10.6 Å². The van der Waals surface area contributed by atoms with E-state index in [1.807, 2.05) is 0 Å². The van der Waals surface area contributed by atoms with Gasteiger partial charge in [-0.25, -0.2) is 0 Å². The Labute approximate surface area is 66.1 Å². The Morgan fingerprint density at radius 3 is 2.80 bits per heavy atom. The number of hydrogen-bond donors (Lipinski definition) is 2. The maximum Gasteiger partial charge on any atom is 0.233 e. The summed E-state index contributed by atoms with van der Waals surface area (Å²) in [6.45, 7) is 1.05. The maximum absolute atomic E-state index is 10.7. The number of carbonyl (C=O) groups is 1. The van der Waals surface area contributed by atoms with Crippen LogP contribution >= 0.6 is 11.6 Å². The number of likely N-dealkylation sites (N-methyl/N-ethyl adjacent to an activating group) is 1. The molecule has 0 bridgehead atoms. The molecule has 0 atom stereocenters. The molecule has 0 saturated heterocycles. The number of nitrogens with one attached hydrogen (secondary N) is 2. The molecule has 0 aromatic heterocycles. The van der Waals surface area contributed by atoms with Gasteiger partial charge in [-0.2, -0.15) is 0 Å². The molecule has 0 unspecified atom stereocenters. The van der Waals surface area contributed by atoms with Crippen molar-refractivity contribution in [3.8, 4) is 0 Å². The first-order chi connectivity index (χ1) is 4.81. The van der Waals surface area contributed by atoms with E-state index in [-0.39, 0.29) is 5.91 Å². The highest BCUT2D eigenvalue weighted by atomic mass is 35.5. The first-order valence-electron chi connectivity index (χ1n) is 3.28. The molecule has 0 aliphatic rings. The van der Waals surface area contributed by atoms with E-state index in [1.54, 1.807) is 7.05 Å². The highest BCUT2D eigenvalue weighted by molar-refractivity contribution is 6.17. The molecule has 0 saturated carbocycles. The van der Waals surface area contributed by atoms with Gasteiger partial charge in [-0.05, 0) is 13.5 Å². The smallest absolute Gasteiger partial charge is 0.233 e. The molecular weight excluding hydrogens is 152 g/mol.